The van der Waals surface area contributed by atoms with Gasteiger partial charge >= 0.3 is 0 Å². The fraction of sp³-hybridized carbons (Fsp3) is 0.263. The smallest absolute Gasteiger partial charge is 0.206 e. The SMILES string of the molecule is CC(C)(c1ccc(OCC(=O)CN)cc1)c1ccc(OCC(=O)CN)cc1.NCC(=O)COc1ccc(S(=O)(=O)c2ccc(OCC(=O)CN)cc2)cc1.NCC(=O)CSc1ccc(Sc2ccc(SCC(=O)CN)cc2)cc1. The van der Waals surface area contributed by atoms with E-state index >= 15 is 0 Å². The summed E-state index contributed by atoms with van der Waals surface area (Å²) in [5.74, 6) is 2.10. The third-order valence-corrected chi connectivity index (χ3v) is 16.0. The van der Waals surface area contributed by atoms with Crippen LogP contribution in [0.3, 0.4) is 0 Å². The van der Waals surface area contributed by atoms with Crippen molar-refractivity contribution in [2.45, 2.75) is 48.6 Å². The maximum absolute atomic E-state index is 12.7. The van der Waals surface area contributed by atoms with Gasteiger partial charge in [-0.15, -0.1) is 23.5 Å². The summed E-state index contributed by atoms with van der Waals surface area (Å²) >= 11 is 4.67. The lowest BCUT2D eigenvalue weighted by Gasteiger charge is -2.26. The number of carbonyl (C=O) groups excluding carboxylic acids is 6. The summed E-state index contributed by atoms with van der Waals surface area (Å²) < 4.78 is 46.6. The number of nitrogens with two attached hydrogens (primary N) is 6. The summed E-state index contributed by atoms with van der Waals surface area (Å²) in [6.45, 7) is 3.76. The number of thioether (sulfide) groups is 2. The summed E-state index contributed by atoms with van der Waals surface area (Å²) in [6.07, 6.45) is 0. The number of carbonyl (C=O) groups is 6. The molecule has 6 aromatic rings. The molecule has 0 saturated carbocycles. The van der Waals surface area contributed by atoms with Gasteiger partial charge in [0, 0.05) is 25.0 Å². The minimum atomic E-state index is -3.73. The van der Waals surface area contributed by atoms with Crippen molar-refractivity contribution in [3.8, 4) is 23.0 Å². The van der Waals surface area contributed by atoms with Crippen molar-refractivity contribution in [2.24, 2.45) is 34.4 Å². The number of Topliss-reactive ketones (excluding diaryl/α,β-unsaturated/α-hetero) is 6. The number of ether oxygens (including phenoxy) is 4. The van der Waals surface area contributed by atoms with Crippen LogP contribution in [0.5, 0.6) is 23.0 Å². The summed E-state index contributed by atoms with van der Waals surface area (Å²) in [7, 11) is -3.73. The van der Waals surface area contributed by atoms with Crippen molar-refractivity contribution >= 4 is 79.8 Å². The van der Waals surface area contributed by atoms with Gasteiger partial charge in [-0.25, -0.2) is 8.42 Å². The van der Waals surface area contributed by atoms with E-state index in [1.807, 2.05) is 97.1 Å². The molecule has 0 aliphatic rings. The molecular weight excluding hydrogens is 1090 g/mol. The lowest BCUT2D eigenvalue weighted by Crippen LogP contribution is -2.21. The Kier molecular flexibility index (Phi) is 27.6. The van der Waals surface area contributed by atoms with E-state index in [4.69, 9.17) is 53.3 Å². The van der Waals surface area contributed by atoms with Gasteiger partial charge < -0.3 is 53.3 Å². The zero-order chi connectivity index (χ0) is 57.8. The molecule has 0 unspecified atom stereocenters. The molecule has 0 spiro atoms. The second-order valence-electron chi connectivity index (χ2n) is 17.4. The van der Waals surface area contributed by atoms with Crippen molar-refractivity contribution in [3.63, 3.8) is 0 Å². The van der Waals surface area contributed by atoms with Gasteiger partial charge in [-0.3, -0.25) is 28.8 Å². The molecule has 420 valence electrons. The van der Waals surface area contributed by atoms with Gasteiger partial charge in [0.15, 0.2) is 34.7 Å². The van der Waals surface area contributed by atoms with E-state index in [0.717, 1.165) is 30.7 Å². The van der Waals surface area contributed by atoms with E-state index in [1.165, 1.54) is 72.1 Å². The molecule has 6 rings (SSSR count). The van der Waals surface area contributed by atoms with E-state index in [1.54, 1.807) is 11.8 Å². The molecule has 0 aromatic heterocycles. The van der Waals surface area contributed by atoms with Crippen LogP contribution >= 0.6 is 35.3 Å². The molecule has 6 aromatic carbocycles. The maximum Gasteiger partial charge on any atom is 0.206 e. The highest BCUT2D eigenvalue weighted by atomic mass is 32.2. The summed E-state index contributed by atoms with van der Waals surface area (Å²) in [4.78, 5) is 71.8. The predicted octanol–water partition coefficient (Wildman–Crippen LogP) is 5.24. The van der Waals surface area contributed by atoms with E-state index in [0.29, 0.717) is 34.5 Å². The van der Waals surface area contributed by atoms with Crippen LogP contribution in [0.4, 0.5) is 0 Å². The molecule has 0 aliphatic carbocycles. The molecule has 18 nitrogen and oxygen atoms in total. The van der Waals surface area contributed by atoms with Crippen molar-refractivity contribution in [1.82, 2.24) is 0 Å². The lowest BCUT2D eigenvalue weighted by molar-refractivity contribution is -0.120. The largest absolute Gasteiger partial charge is 0.486 e. The van der Waals surface area contributed by atoms with E-state index < -0.39 is 9.84 Å². The van der Waals surface area contributed by atoms with Crippen molar-refractivity contribution in [3.05, 3.63) is 157 Å². The highest BCUT2D eigenvalue weighted by molar-refractivity contribution is 8.00. The number of benzene rings is 6. The van der Waals surface area contributed by atoms with Crippen molar-refractivity contribution < 1.29 is 56.1 Å². The highest BCUT2D eigenvalue weighted by Crippen LogP contribution is 2.34. The van der Waals surface area contributed by atoms with Crippen LogP contribution in [0.15, 0.2) is 175 Å². The zero-order valence-corrected chi connectivity index (χ0v) is 47.1. The Hall–Kier alpha value is -6.70. The Morgan fingerprint density at radius 3 is 0.861 bits per heavy atom. The summed E-state index contributed by atoms with van der Waals surface area (Å²) in [5.41, 5.74) is 33.5. The van der Waals surface area contributed by atoms with E-state index in [-0.39, 0.29) is 116 Å². The summed E-state index contributed by atoms with van der Waals surface area (Å²) in [6, 6.07) is 42.9. The molecule has 0 fully saturated rings. The van der Waals surface area contributed by atoms with Gasteiger partial charge in [0.2, 0.25) is 9.84 Å². The van der Waals surface area contributed by atoms with Gasteiger partial charge in [-0.2, -0.15) is 0 Å². The number of hydrogen-bond acceptors (Lipinski definition) is 21. The van der Waals surface area contributed by atoms with Crippen LogP contribution in [-0.2, 0) is 44.0 Å². The molecule has 0 bridgehead atoms. The number of rotatable bonds is 30. The van der Waals surface area contributed by atoms with Crippen LogP contribution in [0.25, 0.3) is 0 Å². The molecule has 0 heterocycles. The van der Waals surface area contributed by atoms with Gasteiger partial charge in [0.05, 0.1) is 60.6 Å². The molecule has 0 amide bonds. The molecule has 0 aliphatic heterocycles. The second kappa shape index (κ2) is 33.7. The fourth-order valence-corrected chi connectivity index (χ4v) is 9.97. The van der Waals surface area contributed by atoms with Crippen LogP contribution in [-0.4, -0.2) is 120 Å². The molecule has 22 heteroatoms. The zero-order valence-electron chi connectivity index (χ0n) is 43.8. The normalized spacial score (nSPS) is 10.9. The lowest BCUT2D eigenvalue weighted by atomic mass is 9.78. The van der Waals surface area contributed by atoms with E-state index in [2.05, 4.69) is 13.8 Å². The first-order valence-corrected chi connectivity index (χ1v) is 28.7. The number of hydrogen-bond donors (Lipinski definition) is 6. The van der Waals surface area contributed by atoms with Crippen molar-refractivity contribution in [2.75, 3.05) is 77.2 Å². The maximum atomic E-state index is 12.7. The Balaban J connectivity index is 0.000000256. The minimum absolute atomic E-state index is 0.0205. The highest BCUT2D eigenvalue weighted by Gasteiger charge is 2.24. The van der Waals surface area contributed by atoms with E-state index in [9.17, 15) is 37.2 Å². The molecule has 12 N–H and O–H groups in total. The average Bonchev–Trinajstić information content (AvgIpc) is 3.53. The predicted molar refractivity (Wildman–Crippen MR) is 308 cm³/mol. The topological polar surface area (TPSA) is 330 Å². The van der Waals surface area contributed by atoms with Gasteiger partial charge in [0.25, 0.3) is 0 Å². The van der Waals surface area contributed by atoms with Crippen LogP contribution < -0.4 is 53.3 Å². The molecular formula is C57H66N6O12S4. The average molecular weight is 1160 g/mol. The Morgan fingerprint density at radius 2 is 0.608 bits per heavy atom. The quantitative estimate of drug-likeness (QED) is 0.0314. The fourth-order valence-electron chi connectivity index (χ4n) is 6.35. The van der Waals surface area contributed by atoms with Gasteiger partial charge in [0.1, 0.15) is 49.4 Å². The van der Waals surface area contributed by atoms with Crippen LogP contribution in [0.2, 0.25) is 0 Å². The van der Waals surface area contributed by atoms with Crippen LogP contribution in [0.1, 0.15) is 25.0 Å². The van der Waals surface area contributed by atoms with Gasteiger partial charge in [-0.05, 0) is 132 Å². The first kappa shape index (κ1) is 64.8. The molecule has 0 atom stereocenters. The van der Waals surface area contributed by atoms with Crippen LogP contribution in [0, 0.1) is 0 Å². The number of sulfone groups is 1. The Morgan fingerprint density at radius 1 is 0.367 bits per heavy atom. The third kappa shape index (κ3) is 22.5. The summed E-state index contributed by atoms with van der Waals surface area (Å²) in [5, 5.41) is 0. The standard InChI is InChI=1S/C21H26N2O4.C18H20N2O6S.C18H20N2O2S3/c1-21(2,15-3-7-19(8-4-15)26-13-17(24)11-22)16-5-9-20(10-6-16)27-14-18(25)12-23;19-9-13(21)11-25-15-1-5-17(6-2-15)27(23,24)18-7-3-16(4-8-18)26-12-14(22)10-20;19-9-13(21)11-23-15-1-5-17(6-2-15)25-18-7-3-16(4-8-18)24-12-14(22)10-20/h3-10H,11-14,22-23H2,1-2H3;1-8H,9-12,19-20H2;1-8H,9-12,19-20H2. The Bertz CT molecular complexity index is 2820. The van der Waals surface area contributed by atoms with Gasteiger partial charge in [-0.1, -0.05) is 49.9 Å². The Labute approximate surface area is 473 Å². The first-order valence-electron chi connectivity index (χ1n) is 24.5. The minimum Gasteiger partial charge on any atom is -0.486 e. The second-order valence-corrected chi connectivity index (χ2v) is 22.5. The van der Waals surface area contributed by atoms with Crippen molar-refractivity contribution in [1.29, 1.82) is 0 Å². The molecule has 0 radical (unpaired) electrons. The monoisotopic (exact) mass is 1150 g/mol. The third-order valence-electron chi connectivity index (χ3n) is 11.1. The molecule has 79 heavy (non-hydrogen) atoms. The molecule has 0 saturated heterocycles. The number of ketones is 6. The first-order chi connectivity index (χ1) is 37.8.